The van der Waals surface area contributed by atoms with Crippen molar-refractivity contribution in [3.05, 3.63) is 22.4 Å². The van der Waals surface area contributed by atoms with E-state index in [-0.39, 0.29) is 30.3 Å². The molecule has 3 nitrogen and oxygen atoms in total. The van der Waals surface area contributed by atoms with Gasteiger partial charge in [0.15, 0.2) is 0 Å². The summed E-state index contributed by atoms with van der Waals surface area (Å²) in [5, 5.41) is 5.02. The van der Waals surface area contributed by atoms with E-state index in [0.717, 1.165) is 11.3 Å². The van der Waals surface area contributed by atoms with Crippen molar-refractivity contribution in [1.82, 2.24) is 5.32 Å². The van der Waals surface area contributed by atoms with Crippen molar-refractivity contribution in [1.29, 1.82) is 0 Å². The molecule has 18 heavy (non-hydrogen) atoms. The Morgan fingerprint density at radius 2 is 2.11 bits per heavy atom. The van der Waals surface area contributed by atoms with Gasteiger partial charge in [-0.15, -0.1) is 23.7 Å². The zero-order valence-corrected chi connectivity index (χ0v) is 12.8. The average Bonchev–Trinajstić information content (AvgIpc) is 2.79. The van der Waals surface area contributed by atoms with Gasteiger partial charge in [-0.3, -0.25) is 4.79 Å². The molecule has 104 valence electrons. The van der Waals surface area contributed by atoms with Crippen LogP contribution in [0, 0.1) is 5.92 Å². The van der Waals surface area contributed by atoms with Crippen molar-refractivity contribution in [3.63, 3.8) is 0 Å². The Balaban J connectivity index is 0.00000289. The number of halogens is 1. The lowest BCUT2D eigenvalue weighted by atomic mass is 10.0. The molecule has 0 fully saturated rings. The standard InChI is InChI=1S/C13H22N2OS.ClH/c1-9(2)7-11(8-14)15-13(16)10(3)12-5-4-6-17-12;/h4-6,9-11H,7-8,14H2,1-3H3,(H,15,16);1H. The molecular weight excluding hydrogens is 268 g/mol. The van der Waals surface area contributed by atoms with Crippen molar-refractivity contribution in [3.8, 4) is 0 Å². The monoisotopic (exact) mass is 290 g/mol. The Morgan fingerprint density at radius 1 is 1.44 bits per heavy atom. The van der Waals surface area contributed by atoms with Crippen molar-refractivity contribution in [2.45, 2.75) is 39.2 Å². The van der Waals surface area contributed by atoms with Gasteiger partial charge in [0, 0.05) is 17.5 Å². The lowest BCUT2D eigenvalue weighted by Crippen LogP contribution is -2.42. The second-order valence-corrected chi connectivity index (χ2v) is 5.79. The summed E-state index contributed by atoms with van der Waals surface area (Å²) in [6, 6.07) is 4.05. The summed E-state index contributed by atoms with van der Waals surface area (Å²) >= 11 is 1.62. The van der Waals surface area contributed by atoms with Crippen LogP contribution in [0.25, 0.3) is 0 Å². The highest BCUT2D eigenvalue weighted by Crippen LogP contribution is 2.21. The van der Waals surface area contributed by atoms with Crippen LogP contribution in [0.5, 0.6) is 0 Å². The van der Waals surface area contributed by atoms with Crippen LogP contribution in [0.1, 0.15) is 38.0 Å². The van der Waals surface area contributed by atoms with Gasteiger partial charge >= 0.3 is 0 Å². The third-order valence-corrected chi connectivity index (χ3v) is 3.81. The largest absolute Gasteiger partial charge is 0.352 e. The molecule has 0 aliphatic carbocycles. The molecule has 1 rings (SSSR count). The Hall–Kier alpha value is -0.580. The van der Waals surface area contributed by atoms with Gasteiger partial charge in [-0.25, -0.2) is 0 Å². The molecule has 1 aromatic heterocycles. The number of rotatable bonds is 6. The first kappa shape index (κ1) is 17.4. The zero-order valence-electron chi connectivity index (χ0n) is 11.2. The van der Waals surface area contributed by atoms with Crippen LogP contribution in [-0.2, 0) is 4.79 Å². The van der Waals surface area contributed by atoms with E-state index in [0.29, 0.717) is 12.5 Å². The van der Waals surface area contributed by atoms with E-state index in [1.54, 1.807) is 11.3 Å². The predicted molar refractivity (Wildman–Crippen MR) is 80.4 cm³/mol. The van der Waals surface area contributed by atoms with Crippen molar-refractivity contribution >= 4 is 29.7 Å². The van der Waals surface area contributed by atoms with Crippen molar-refractivity contribution < 1.29 is 4.79 Å². The number of amides is 1. The smallest absolute Gasteiger partial charge is 0.228 e. The maximum atomic E-state index is 12.0. The predicted octanol–water partition coefficient (Wildman–Crippen LogP) is 2.76. The van der Waals surface area contributed by atoms with Crippen LogP contribution in [0.3, 0.4) is 0 Å². The first-order valence-corrected chi connectivity index (χ1v) is 6.96. The number of hydrogen-bond donors (Lipinski definition) is 2. The maximum absolute atomic E-state index is 12.0. The molecule has 0 bridgehead atoms. The molecule has 0 saturated heterocycles. The van der Waals surface area contributed by atoms with Gasteiger partial charge in [0.05, 0.1) is 5.92 Å². The molecule has 2 atom stereocenters. The number of nitrogens with one attached hydrogen (secondary N) is 1. The van der Waals surface area contributed by atoms with E-state index >= 15 is 0 Å². The van der Waals surface area contributed by atoms with Gasteiger partial charge in [0.1, 0.15) is 0 Å². The first-order chi connectivity index (χ1) is 8.04. The van der Waals surface area contributed by atoms with Crippen LogP contribution >= 0.6 is 23.7 Å². The molecule has 5 heteroatoms. The first-order valence-electron chi connectivity index (χ1n) is 6.08. The van der Waals surface area contributed by atoms with Crippen LogP contribution in [0.2, 0.25) is 0 Å². The van der Waals surface area contributed by atoms with Gasteiger partial charge in [-0.2, -0.15) is 0 Å². The lowest BCUT2D eigenvalue weighted by Gasteiger charge is -2.20. The SMILES string of the molecule is CC(C)CC(CN)NC(=O)C(C)c1cccs1.Cl. The molecule has 1 amide bonds. The third-order valence-electron chi connectivity index (χ3n) is 2.75. The lowest BCUT2D eigenvalue weighted by molar-refractivity contribution is -0.122. The summed E-state index contributed by atoms with van der Waals surface area (Å²) in [6.45, 7) is 6.71. The summed E-state index contributed by atoms with van der Waals surface area (Å²) in [5.74, 6) is 0.528. The highest BCUT2D eigenvalue weighted by atomic mass is 35.5. The minimum atomic E-state index is -0.0868. The summed E-state index contributed by atoms with van der Waals surface area (Å²) in [6.07, 6.45) is 0.930. The molecule has 0 aliphatic rings. The van der Waals surface area contributed by atoms with Gasteiger partial charge in [0.25, 0.3) is 0 Å². The van der Waals surface area contributed by atoms with Crippen molar-refractivity contribution in [2.24, 2.45) is 11.7 Å². The Morgan fingerprint density at radius 3 is 2.56 bits per heavy atom. The molecule has 0 saturated carbocycles. The molecule has 0 aromatic carbocycles. The minimum absolute atomic E-state index is 0. The summed E-state index contributed by atoms with van der Waals surface area (Å²) in [5.41, 5.74) is 5.68. The third kappa shape index (κ3) is 5.38. The molecule has 3 N–H and O–H groups in total. The topological polar surface area (TPSA) is 55.1 Å². The second kappa shape index (κ2) is 8.51. The number of carbonyl (C=O) groups is 1. The van der Waals surface area contributed by atoms with Crippen LogP contribution < -0.4 is 11.1 Å². The fourth-order valence-electron chi connectivity index (χ4n) is 1.78. The quantitative estimate of drug-likeness (QED) is 0.846. The number of nitrogens with two attached hydrogens (primary N) is 1. The average molecular weight is 291 g/mol. The van der Waals surface area contributed by atoms with E-state index < -0.39 is 0 Å². The summed E-state index contributed by atoms with van der Waals surface area (Å²) < 4.78 is 0. The molecule has 2 unspecified atom stereocenters. The highest BCUT2D eigenvalue weighted by molar-refractivity contribution is 7.10. The number of carbonyl (C=O) groups excluding carboxylic acids is 1. The molecule has 0 aliphatic heterocycles. The van der Waals surface area contributed by atoms with E-state index in [9.17, 15) is 4.79 Å². The van der Waals surface area contributed by atoms with Gasteiger partial charge in [-0.05, 0) is 30.7 Å². The van der Waals surface area contributed by atoms with Gasteiger partial charge in [-0.1, -0.05) is 19.9 Å². The Bertz CT molecular complexity index is 341. The van der Waals surface area contributed by atoms with Gasteiger partial charge < -0.3 is 11.1 Å². The van der Waals surface area contributed by atoms with Crippen molar-refractivity contribution in [2.75, 3.05) is 6.54 Å². The molecule has 0 spiro atoms. The normalized spacial score (nSPS) is 13.8. The number of hydrogen-bond acceptors (Lipinski definition) is 3. The summed E-state index contributed by atoms with van der Waals surface area (Å²) in [4.78, 5) is 13.1. The van der Waals surface area contributed by atoms with Gasteiger partial charge in [0.2, 0.25) is 5.91 Å². The van der Waals surface area contributed by atoms with Crippen LogP contribution in [-0.4, -0.2) is 18.5 Å². The fraction of sp³-hybridized carbons (Fsp3) is 0.615. The molecule has 1 heterocycles. The Labute approximate surface area is 120 Å². The maximum Gasteiger partial charge on any atom is 0.228 e. The van der Waals surface area contributed by atoms with E-state index in [4.69, 9.17) is 5.73 Å². The van der Waals surface area contributed by atoms with Crippen LogP contribution in [0.4, 0.5) is 0 Å². The van der Waals surface area contributed by atoms with Crippen LogP contribution in [0.15, 0.2) is 17.5 Å². The summed E-state index contributed by atoms with van der Waals surface area (Å²) in [7, 11) is 0. The fourth-order valence-corrected chi connectivity index (χ4v) is 2.56. The minimum Gasteiger partial charge on any atom is -0.352 e. The number of thiophene rings is 1. The van der Waals surface area contributed by atoms with E-state index in [2.05, 4.69) is 19.2 Å². The Kier molecular flexibility index (Phi) is 8.24. The molecular formula is C13H23ClN2OS. The van der Waals surface area contributed by atoms with E-state index in [1.165, 1.54) is 0 Å². The highest BCUT2D eigenvalue weighted by Gasteiger charge is 2.19. The van der Waals surface area contributed by atoms with E-state index in [1.807, 2.05) is 24.4 Å². The molecule has 1 aromatic rings. The molecule has 0 radical (unpaired) electrons. The second-order valence-electron chi connectivity index (χ2n) is 4.81. The zero-order chi connectivity index (χ0) is 12.8.